The molecule has 2 heterocycles. The Morgan fingerprint density at radius 3 is 2.78 bits per heavy atom. The van der Waals surface area contributed by atoms with E-state index in [1.54, 1.807) is 0 Å². The molecule has 2 aliphatic rings. The van der Waals surface area contributed by atoms with Crippen molar-refractivity contribution in [1.82, 2.24) is 15.1 Å². The highest BCUT2D eigenvalue weighted by Gasteiger charge is 2.28. The van der Waals surface area contributed by atoms with Crippen molar-refractivity contribution in [3.8, 4) is 5.75 Å². The smallest absolute Gasteiger partial charge is 0.306 e. The Hall–Kier alpha value is -2.25. The van der Waals surface area contributed by atoms with Gasteiger partial charge in [-0.1, -0.05) is 29.3 Å². The van der Waals surface area contributed by atoms with Crippen LogP contribution in [0.25, 0.3) is 15.9 Å². The number of benzene rings is 2. The second-order valence-electron chi connectivity index (χ2n) is 10.1. The molecule has 9 heteroatoms. The molecule has 0 radical (unpaired) electrons. The van der Waals surface area contributed by atoms with Gasteiger partial charge < -0.3 is 15.2 Å². The maximum Gasteiger partial charge on any atom is 0.306 e. The summed E-state index contributed by atoms with van der Waals surface area (Å²) in [6.45, 7) is 5.34. The molecule has 1 aromatic heterocycles. The molecule has 1 saturated heterocycles. The largest absolute Gasteiger partial charge is 0.489 e. The molecule has 37 heavy (non-hydrogen) atoms. The molecule has 2 unspecified atom stereocenters. The highest BCUT2D eigenvalue weighted by molar-refractivity contribution is 6.49. The van der Waals surface area contributed by atoms with Gasteiger partial charge in [-0.05, 0) is 105 Å². The van der Waals surface area contributed by atoms with Gasteiger partial charge in [0.1, 0.15) is 12.4 Å². The lowest BCUT2D eigenvalue weighted by Gasteiger charge is -2.30. The van der Waals surface area contributed by atoms with Gasteiger partial charge >= 0.3 is 5.97 Å². The lowest BCUT2D eigenvalue weighted by molar-refractivity contribution is -0.142. The summed E-state index contributed by atoms with van der Waals surface area (Å²) in [6, 6.07) is 12.6. The molecule has 198 valence electrons. The van der Waals surface area contributed by atoms with E-state index in [1.807, 2.05) is 28.9 Å². The van der Waals surface area contributed by atoms with E-state index in [-0.39, 0.29) is 30.4 Å². The zero-order chi connectivity index (χ0) is 25.4. The number of hydrogen-bond donors (Lipinski definition) is 2. The van der Waals surface area contributed by atoms with Crippen LogP contribution in [0.1, 0.15) is 62.3 Å². The second-order valence-corrected chi connectivity index (χ2v) is 10.9. The number of carboxylic acids is 1. The monoisotopic (exact) mass is 563 g/mol. The van der Waals surface area contributed by atoms with E-state index in [1.165, 1.54) is 11.1 Å². The number of aliphatic carboxylic acids is 1. The predicted molar refractivity (Wildman–Crippen MR) is 151 cm³/mol. The Kier molecular flexibility index (Phi) is 8.74. The Morgan fingerprint density at radius 1 is 1.22 bits per heavy atom. The Labute approximate surface area is 233 Å². The lowest BCUT2D eigenvalue weighted by atomic mass is 9.84. The van der Waals surface area contributed by atoms with Crippen LogP contribution >= 0.6 is 35.6 Å². The summed E-state index contributed by atoms with van der Waals surface area (Å²) in [5, 5.41) is 19.5. The van der Waals surface area contributed by atoms with Crippen molar-refractivity contribution in [2.24, 2.45) is 5.92 Å². The van der Waals surface area contributed by atoms with Gasteiger partial charge in [0.2, 0.25) is 0 Å². The summed E-state index contributed by atoms with van der Waals surface area (Å²) in [7, 11) is 0. The van der Waals surface area contributed by atoms with Gasteiger partial charge in [0, 0.05) is 22.5 Å². The third-order valence-electron chi connectivity index (χ3n) is 7.28. The minimum absolute atomic E-state index is 0. The molecule has 2 aromatic carbocycles. The quantitative estimate of drug-likeness (QED) is 0.323. The Balaban J connectivity index is 0.00000320. The number of aromatic nitrogens is 2. The third kappa shape index (κ3) is 5.93. The highest BCUT2D eigenvalue weighted by Crippen LogP contribution is 2.38. The molecule has 0 saturated carbocycles. The standard InChI is InChI=1S/C28H31Cl2N3O3.ClH/c1-16(2)33-25-8-3-17(11-24(25)27(30)32-33)15-36-22-6-7-23-18(14-22)4-5-19(26(23)29)12-21-13-20(28(34)35)9-10-31-21;/h3,6-8,11,14,16,20-21,31H,4-5,9-10,12-13,15H2,1-2H3,(H,34,35);1H. The van der Waals surface area contributed by atoms with Gasteiger partial charge in [0.05, 0.1) is 11.4 Å². The molecule has 0 amide bonds. The van der Waals surface area contributed by atoms with Crippen LogP contribution in [-0.4, -0.2) is 33.4 Å². The molecule has 6 nitrogen and oxygen atoms in total. The first-order chi connectivity index (χ1) is 17.3. The molecular formula is C28H32Cl3N3O3. The first-order valence-corrected chi connectivity index (χ1v) is 13.3. The highest BCUT2D eigenvalue weighted by atomic mass is 35.5. The molecule has 2 atom stereocenters. The molecule has 2 N–H and O–H groups in total. The van der Waals surface area contributed by atoms with E-state index in [4.69, 9.17) is 27.9 Å². The van der Waals surface area contributed by atoms with Gasteiger partial charge in [-0.25, -0.2) is 0 Å². The number of ether oxygens (including phenoxy) is 1. The van der Waals surface area contributed by atoms with Crippen molar-refractivity contribution in [3.05, 3.63) is 63.8 Å². The number of fused-ring (bicyclic) bond motifs is 2. The summed E-state index contributed by atoms with van der Waals surface area (Å²) in [6.07, 6.45) is 3.90. The van der Waals surface area contributed by atoms with Crippen LogP contribution in [0.5, 0.6) is 5.75 Å². The third-order valence-corrected chi connectivity index (χ3v) is 8.03. The number of carbonyl (C=O) groups is 1. The van der Waals surface area contributed by atoms with Gasteiger partial charge in [-0.2, -0.15) is 5.10 Å². The predicted octanol–water partition coefficient (Wildman–Crippen LogP) is 7.01. The minimum Gasteiger partial charge on any atom is -0.489 e. The van der Waals surface area contributed by atoms with Crippen LogP contribution in [0.2, 0.25) is 5.15 Å². The molecule has 1 fully saturated rings. The van der Waals surface area contributed by atoms with Crippen LogP contribution in [0.15, 0.2) is 42.0 Å². The zero-order valence-electron chi connectivity index (χ0n) is 21.0. The van der Waals surface area contributed by atoms with Crippen molar-refractivity contribution in [1.29, 1.82) is 0 Å². The summed E-state index contributed by atoms with van der Waals surface area (Å²) in [4.78, 5) is 11.4. The average Bonchev–Trinajstić information content (AvgIpc) is 3.21. The zero-order valence-corrected chi connectivity index (χ0v) is 23.3. The fourth-order valence-electron chi connectivity index (χ4n) is 5.34. The molecule has 0 spiro atoms. The van der Waals surface area contributed by atoms with Gasteiger partial charge in [0.15, 0.2) is 5.15 Å². The van der Waals surface area contributed by atoms with Crippen molar-refractivity contribution in [2.75, 3.05) is 6.54 Å². The number of nitrogens with zero attached hydrogens (tertiary/aromatic N) is 2. The first kappa shape index (κ1) is 27.8. The van der Waals surface area contributed by atoms with Gasteiger partial charge in [-0.3, -0.25) is 9.48 Å². The molecule has 1 aliphatic heterocycles. The van der Waals surface area contributed by atoms with Crippen molar-refractivity contribution in [2.45, 2.75) is 64.6 Å². The van der Waals surface area contributed by atoms with Crippen LogP contribution in [0.4, 0.5) is 0 Å². The average molecular weight is 565 g/mol. The SMILES string of the molecule is CC(C)n1nc(Cl)c2cc(COc3ccc4c(c3)CCC(CC3CC(C(=O)O)CCN3)=C4Cl)ccc21.Cl. The Bertz CT molecular complexity index is 1330. The Morgan fingerprint density at radius 2 is 2.03 bits per heavy atom. The van der Waals surface area contributed by atoms with Gasteiger partial charge in [-0.15, -0.1) is 12.4 Å². The first-order valence-electron chi connectivity index (χ1n) is 12.6. The number of piperidine rings is 1. The normalized spacial score (nSPS) is 19.6. The summed E-state index contributed by atoms with van der Waals surface area (Å²) in [5.74, 6) is -0.157. The van der Waals surface area contributed by atoms with Crippen molar-refractivity contribution >= 4 is 57.5 Å². The number of rotatable bonds is 7. The number of aryl methyl sites for hydroxylation is 1. The van der Waals surface area contributed by atoms with E-state index in [9.17, 15) is 9.90 Å². The maximum absolute atomic E-state index is 11.4. The van der Waals surface area contributed by atoms with E-state index >= 15 is 0 Å². The molecule has 3 aromatic rings. The fourth-order valence-corrected chi connectivity index (χ4v) is 5.93. The van der Waals surface area contributed by atoms with E-state index in [0.717, 1.165) is 58.6 Å². The number of nitrogens with one attached hydrogen (secondary N) is 1. The van der Waals surface area contributed by atoms with Crippen LogP contribution in [0.3, 0.4) is 0 Å². The van der Waals surface area contributed by atoms with E-state index in [0.29, 0.717) is 24.6 Å². The molecular weight excluding hydrogens is 533 g/mol. The molecule has 0 bridgehead atoms. The fraction of sp³-hybridized carbons (Fsp3) is 0.429. The minimum atomic E-state index is -0.697. The van der Waals surface area contributed by atoms with E-state index in [2.05, 4.69) is 36.4 Å². The van der Waals surface area contributed by atoms with Gasteiger partial charge in [0.25, 0.3) is 0 Å². The molecule has 1 aliphatic carbocycles. The van der Waals surface area contributed by atoms with Crippen molar-refractivity contribution in [3.63, 3.8) is 0 Å². The summed E-state index contributed by atoms with van der Waals surface area (Å²) < 4.78 is 8.06. The van der Waals surface area contributed by atoms with E-state index < -0.39 is 5.97 Å². The maximum atomic E-state index is 11.4. The van der Waals surface area contributed by atoms with Crippen LogP contribution in [-0.2, 0) is 17.8 Å². The lowest BCUT2D eigenvalue weighted by Crippen LogP contribution is -2.40. The second kappa shape index (κ2) is 11.6. The van der Waals surface area contributed by atoms with Crippen molar-refractivity contribution < 1.29 is 14.6 Å². The van der Waals surface area contributed by atoms with Crippen LogP contribution in [0, 0.1) is 5.92 Å². The number of hydrogen-bond acceptors (Lipinski definition) is 4. The van der Waals surface area contributed by atoms with Crippen LogP contribution < -0.4 is 10.1 Å². The summed E-state index contributed by atoms with van der Waals surface area (Å²) >= 11 is 13.2. The summed E-state index contributed by atoms with van der Waals surface area (Å²) in [5.41, 5.74) is 5.48. The number of halogens is 3. The number of carboxylic acid groups (broad SMARTS) is 1. The topological polar surface area (TPSA) is 76.4 Å². The molecule has 5 rings (SSSR count).